The van der Waals surface area contributed by atoms with Crippen LogP contribution in [0.15, 0.2) is 231 Å². The summed E-state index contributed by atoms with van der Waals surface area (Å²) in [7, 11) is 0. The second kappa shape index (κ2) is 14.8. The van der Waals surface area contributed by atoms with Crippen LogP contribution in [0.3, 0.4) is 0 Å². The van der Waals surface area contributed by atoms with E-state index in [1.165, 1.54) is 48.7 Å². The van der Waals surface area contributed by atoms with Gasteiger partial charge in [0.05, 0.1) is 22.6 Å². The molecule has 0 bridgehead atoms. The van der Waals surface area contributed by atoms with E-state index in [9.17, 15) is 0 Å². The summed E-state index contributed by atoms with van der Waals surface area (Å²) in [5.41, 5.74) is 13.9. The van der Waals surface area contributed by atoms with Crippen LogP contribution in [0.25, 0.3) is 121 Å². The van der Waals surface area contributed by atoms with Gasteiger partial charge in [-0.25, -0.2) is 9.97 Å². The van der Waals surface area contributed by atoms with E-state index in [1.807, 2.05) is 0 Å². The first-order valence-corrected chi connectivity index (χ1v) is 21.2. The van der Waals surface area contributed by atoms with Crippen LogP contribution in [0.2, 0.25) is 0 Å². The van der Waals surface area contributed by atoms with E-state index in [-0.39, 0.29) is 0 Å². The Hall–Kier alpha value is -8.20. The number of benzene rings is 10. The molecular weight excluding hydrogens is 749 g/mol. The van der Waals surface area contributed by atoms with E-state index in [1.54, 1.807) is 0 Å². The molecule has 0 aliphatic rings. The van der Waals surface area contributed by atoms with Gasteiger partial charge in [-0.15, -0.1) is 0 Å². The molecule has 0 atom stereocenters. The highest BCUT2D eigenvalue weighted by Crippen LogP contribution is 2.42. The van der Waals surface area contributed by atoms with Crippen molar-refractivity contribution < 1.29 is 0 Å². The molecule has 288 valence electrons. The summed E-state index contributed by atoms with van der Waals surface area (Å²) in [6.45, 7) is 0. The van der Waals surface area contributed by atoms with Gasteiger partial charge in [0.2, 0.25) is 0 Å². The first kappa shape index (κ1) is 35.7. The van der Waals surface area contributed by atoms with Gasteiger partial charge in [-0.1, -0.05) is 182 Å². The molecule has 2 nitrogen and oxygen atoms in total. The van der Waals surface area contributed by atoms with Crippen LogP contribution < -0.4 is 0 Å². The summed E-state index contributed by atoms with van der Waals surface area (Å²) in [6.07, 6.45) is 0. The maximum Gasteiger partial charge on any atom is 0.0722 e. The van der Waals surface area contributed by atoms with Crippen LogP contribution in [-0.2, 0) is 0 Å². The summed E-state index contributed by atoms with van der Waals surface area (Å²) in [5.74, 6) is 0. The van der Waals surface area contributed by atoms with Crippen molar-refractivity contribution in [3.8, 4) is 67.2 Å². The molecule has 12 rings (SSSR count). The van der Waals surface area contributed by atoms with E-state index in [0.29, 0.717) is 0 Å². The van der Waals surface area contributed by atoms with Crippen molar-refractivity contribution in [1.82, 2.24) is 9.97 Å². The Morgan fingerprint density at radius 1 is 0.210 bits per heavy atom. The van der Waals surface area contributed by atoms with Crippen molar-refractivity contribution in [3.63, 3.8) is 0 Å². The molecule has 0 spiro atoms. The third-order valence-electron chi connectivity index (χ3n) is 12.4. The van der Waals surface area contributed by atoms with Gasteiger partial charge in [-0.3, -0.25) is 0 Å². The average Bonchev–Trinajstić information content (AvgIpc) is 3.36. The summed E-state index contributed by atoms with van der Waals surface area (Å²) in [5, 5.41) is 10.9. The number of nitrogens with zero attached hydrogens (tertiary/aromatic N) is 2. The number of aromatic nitrogens is 2. The highest BCUT2D eigenvalue weighted by Gasteiger charge is 2.17. The molecule has 0 saturated carbocycles. The van der Waals surface area contributed by atoms with Gasteiger partial charge in [-0.2, -0.15) is 0 Å². The molecule has 2 heterocycles. The van der Waals surface area contributed by atoms with E-state index >= 15 is 0 Å². The van der Waals surface area contributed by atoms with Crippen LogP contribution in [0.1, 0.15) is 0 Å². The molecule has 10 aromatic carbocycles. The highest BCUT2D eigenvalue weighted by atomic mass is 14.7. The highest BCUT2D eigenvalue weighted by molar-refractivity contribution is 6.16. The topological polar surface area (TPSA) is 25.8 Å². The van der Waals surface area contributed by atoms with Crippen LogP contribution in [-0.4, -0.2) is 9.97 Å². The number of rotatable bonds is 6. The minimum absolute atomic E-state index is 0.925. The largest absolute Gasteiger partial charge is 0.248 e. The van der Waals surface area contributed by atoms with Crippen LogP contribution >= 0.6 is 0 Å². The molecular formula is C60H38N2. The van der Waals surface area contributed by atoms with Crippen molar-refractivity contribution in [2.24, 2.45) is 0 Å². The lowest BCUT2D eigenvalue weighted by Crippen LogP contribution is -1.94. The number of hydrogen-bond donors (Lipinski definition) is 0. The van der Waals surface area contributed by atoms with E-state index in [2.05, 4.69) is 231 Å². The quantitative estimate of drug-likeness (QED) is 0.157. The maximum atomic E-state index is 5.49. The van der Waals surface area contributed by atoms with E-state index < -0.39 is 0 Å². The van der Waals surface area contributed by atoms with E-state index in [0.717, 1.165) is 72.5 Å². The molecule has 0 N–H and O–H groups in total. The Morgan fingerprint density at radius 3 is 1.37 bits per heavy atom. The molecule has 0 aliphatic heterocycles. The molecule has 0 aliphatic carbocycles. The molecule has 2 heteroatoms. The van der Waals surface area contributed by atoms with E-state index in [4.69, 9.17) is 9.97 Å². The average molecular weight is 787 g/mol. The fourth-order valence-corrected chi connectivity index (χ4v) is 9.41. The van der Waals surface area contributed by atoms with Crippen LogP contribution in [0.5, 0.6) is 0 Å². The van der Waals surface area contributed by atoms with Crippen molar-refractivity contribution >= 4 is 54.0 Å². The Kier molecular flexibility index (Phi) is 8.53. The molecule has 0 fully saturated rings. The Balaban J connectivity index is 1.10. The Bertz CT molecular complexity index is 3630. The van der Waals surface area contributed by atoms with Crippen LogP contribution in [0, 0.1) is 0 Å². The van der Waals surface area contributed by atoms with Crippen LogP contribution in [0.4, 0.5) is 0 Å². The lowest BCUT2D eigenvalue weighted by atomic mass is 9.90. The lowest BCUT2D eigenvalue weighted by Gasteiger charge is -2.16. The summed E-state index contributed by atoms with van der Waals surface area (Å²) in [6, 6.07) is 83.0. The fourth-order valence-electron chi connectivity index (χ4n) is 9.41. The number of fused-ring (bicyclic) bond motifs is 7. The molecule has 0 saturated heterocycles. The third-order valence-corrected chi connectivity index (χ3v) is 12.4. The Labute approximate surface area is 360 Å². The molecule has 2 aromatic heterocycles. The zero-order valence-electron chi connectivity index (χ0n) is 33.8. The predicted molar refractivity (Wildman–Crippen MR) is 262 cm³/mol. The van der Waals surface area contributed by atoms with Crippen molar-refractivity contribution in [3.05, 3.63) is 231 Å². The minimum atomic E-state index is 0.925. The normalized spacial score (nSPS) is 11.5. The smallest absolute Gasteiger partial charge is 0.0722 e. The maximum absolute atomic E-state index is 5.49. The minimum Gasteiger partial charge on any atom is -0.248 e. The summed E-state index contributed by atoms with van der Waals surface area (Å²) < 4.78 is 0. The van der Waals surface area contributed by atoms with Gasteiger partial charge in [0, 0.05) is 22.1 Å². The molecule has 0 radical (unpaired) electrons. The molecule has 12 aromatic rings. The predicted octanol–water partition coefficient (Wildman–Crippen LogP) is 16.2. The zero-order valence-corrected chi connectivity index (χ0v) is 33.8. The van der Waals surface area contributed by atoms with Gasteiger partial charge in [0.25, 0.3) is 0 Å². The van der Waals surface area contributed by atoms with Gasteiger partial charge in [0.1, 0.15) is 0 Å². The van der Waals surface area contributed by atoms with Gasteiger partial charge in [0.15, 0.2) is 0 Å². The Morgan fingerprint density at radius 2 is 0.694 bits per heavy atom. The van der Waals surface area contributed by atoms with Gasteiger partial charge < -0.3 is 0 Å². The fraction of sp³-hybridized carbons (Fsp3) is 0. The second-order valence-electron chi connectivity index (χ2n) is 16.1. The van der Waals surface area contributed by atoms with Gasteiger partial charge >= 0.3 is 0 Å². The zero-order chi connectivity index (χ0) is 41.0. The number of pyridine rings is 2. The summed E-state index contributed by atoms with van der Waals surface area (Å²) >= 11 is 0. The SMILES string of the molecule is c1ccc(-c2cc(-c3ccccc3)nc(-c3cccc(-c4cc(-c5cc6ccccc6c6ccccc56)nc5ccc(-c6cc7ccccc7c7ccccc67)cc45)c3)c2)cc1. The molecule has 62 heavy (non-hydrogen) atoms. The van der Waals surface area contributed by atoms with Crippen molar-refractivity contribution in [1.29, 1.82) is 0 Å². The molecule has 0 amide bonds. The monoisotopic (exact) mass is 786 g/mol. The second-order valence-corrected chi connectivity index (χ2v) is 16.1. The third kappa shape index (κ3) is 6.20. The standard InChI is InChI=1S/C60H38N2/c1-3-16-39(17-4-1)46-36-58(40-18-5-2-6-19-40)62-59(37-46)45-23-15-22-41(32-45)54-38-60(55-34-43-21-8-10-25-48(43)50-27-12-14-29-52(50)55)61-57-31-30-44(35-56(54)57)53-33-42-20-7-9-24-47(42)49-26-11-13-28-51(49)53/h1-38H. The first-order chi connectivity index (χ1) is 30.7. The van der Waals surface area contributed by atoms with Gasteiger partial charge in [-0.05, 0) is 125 Å². The lowest BCUT2D eigenvalue weighted by molar-refractivity contribution is 1.32. The molecule has 0 unspecified atom stereocenters. The number of hydrogen-bond acceptors (Lipinski definition) is 2. The summed E-state index contributed by atoms with van der Waals surface area (Å²) in [4.78, 5) is 10.8. The van der Waals surface area contributed by atoms with Crippen molar-refractivity contribution in [2.75, 3.05) is 0 Å². The first-order valence-electron chi connectivity index (χ1n) is 21.2. The van der Waals surface area contributed by atoms with Crippen molar-refractivity contribution in [2.45, 2.75) is 0 Å².